The Hall–Kier alpha value is -2.50. The van der Waals surface area contributed by atoms with E-state index in [1.807, 2.05) is 24.0 Å². The summed E-state index contributed by atoms with van der Waals surface area (Å²) in [5, 5.41) is 6.71. The molecule has 0 spiro atoms. The molecule has 1 atom stereocenters. The summed E-state index contributed by atoms with van der Waals surface area (Å²) in [6, 6.07) is 6.91. The smallest absolute Gasteiger partial charge is 0.203 e. The number of rotatable bonds is 8. The number of aliphatic imine (C=N–C) groups is 1. The molecule has 0 amide bonds. The third-order valence-electron chi connectivity index (χ3n) is 5.11. The molecule has 32 heavy (non-hydrogen) atoms. The molecule has 0 aliphatic carbocycles. The first-order valence-electron chi connectivity index (χ1n) is 10.3. The molecule has 1 aromatic carbocycles. The predicted molar refractivity (Wildman–Crippen MR) is 134 cm³/mol. The fourth-order valence-electron chi connectivity index (χ4n) is 3.65. The second-order valence-corrected chi connectivity index (χ2v) is 7.07. The molecule has 2 N–H and O–H groups in total. The van der Waals surface area contributed by atoms with Crippen molar-refractivity contribution < 1.29 is 18.6 Å². The molecule has 0 saturated carbocycles. The van der Waals surface area contributed by atoms with Crippen molar-refractivity contribution in [1.29, 1.82) is 0 Å². The van der Waals surface area contributed by atoms with E-state index in [0.29, 0.717) is 42.1 Å². The molecule has 8 nitrogen and oxygen atoms in total. The second-order valence-electron chi connectivity index (χ2n) is 7.07. The number of nitrogens with one attached hydrogen (secondary N) is 2. The Labute approximate surface area is 205 Å². The van der Waals surface area contributed by atoms with E-state index in [2.05, 4.69) is 15.6 Å². The lowest BCUT2D eigenvalue weighted by atomic mass is 10.1. The highest BCUT2D eigenvalue weighted by Crippen LogP contribution is 2.39. The van der Waals surface area contributed by atoms with Gasteiger partial charge in [0, 0.05) is 37.4 Å². The number of methoxy groups -OCH3 is 3. The fraction of sp³-hybridized carbons (Fsp3) is 0.455. The van der Waals surface area contributed by atoms with Crippen LogP contribution < -0.4 is 29.7 Å². The van der Waals surface area contributed by atoms with Gasteiger partial charge in [-0.25, -0.2) is 14.4 Å². The van der Waals surface area contributed by atoms with Gasteiger partial charge in [-0.15, -0.1) is 24.0 Å². The summed E-state index contributed by atoms with van der Waals surface area (Å²) in [5.41, 5.74) is 0.876. The van der Waals surface area contributed by atoms with Gasteiger partial charge >= 0.3 is 0 Å². The summed E-state index contributed by atoms with van der Waals surface area (Å²) in [7, 11) is 4.76. The first-order valence-corrected chi connectivity index (χ1v) is 10.3. The summed E-state index contributed by atoms with van der Waals surface area (Å²) in [5.74, 6) is 2.52. The lowest BCUT2D eigenvalue weighted by Crippen LogP contribution is -2.44. The van der Waals surface area contributed by atoms with Crippen molar-refractivity contribution in [2.45, 2.75) is 25.9 Å². The molecule has 176 valence electrons. The Morgan fingerprint density at radius 3 is 2.62 bits per heavy atom. The Morgan fingerprint density at radius 1 is 1.19 bits per heavy atom. The molecule has 10 heteroatoms. The molecule has 1 aliphatic heterocycles. The summed E-state index contributed by atoms with van der Waals surface area (Å²) < 4.78 is 30.4. The van der Waals surface area contributed by atoms with Gasteiger partial charge in [0.05, 0.1) is 27.9 Å². The van der Waals surface area contributed by atoms with E-state index in [4.69, 9.17) is 19.2 Å². The van der Waals surface area contributed by atoms with Gasteiger partial charge in [-0.05, 0) is 37.6 Å². The Morgan fingerprint density at radius 2 is 1.97 bits per heavy atom. The van der Waals surface area contributed by atoms with Gasteiger partial charge in [0.2, 0.25) is 5.75 Å². The number of aromatic nitrogens is 1. The quantitative estimate of drug-likeness (QED) is 0.292. The SMILES string of the molecule is CCNC(=NCc1ccc(OC)c(OC)c1OC)NC1CCN(c2ncccc2F)C1.I. The third kappa shape index (κ3) is 6.05. The van der Waals surface area contributed by atoms with Crippen LogP contribution in [0.5, 0.6) is 17.2 Å². The molecule has 0 radical (unpaired) electrons. The Bertz CT molecular complexity index is 915. The molecule has 1 aromatic heterocycles. The minimum atomic E-state index is -0.302. The van der Waals surface area contributed by atoms with Crippen molar-refractivity contribution in [2.24, 2.45) is 4.99 Å². The van der Waals surface area contributed by atoms with Crippen molar-refractivity contribution in [1.82, 2.24) is 15.6 Å². The molecule has 0 bridgehead atoms. The van der Waals surface area contributed by atoms with Gasteiger partial charge in [-0.3, -0.25) is 0 Å². The zero-order valence-corrected chi connectivity index (χ0v) is 21.2. The maximum absolute atomic E-state index is 14.1. The number of nitrogens with zero attached hydrogens (tertiary/aromatic N) is 3. The van der Waals surface area contributed by atoms with E-state index in [-0.39, 0.29) is 35.8 Å². The van der Waals surface area contributed by atoms with Crippen LogP contribution in [0.15, 0.2) is 35.5 Å². The van der Waals surface area contributed by atoms with E-state index < -0.39 is 0 Å². The average molecular weight is 559 g/mol. The zero-order chi connectivity index (χ0) is 22.2. The number of guanidine groups is 1. The third-order valence-corrected chi connectivity index (χ3v) is 5.11. The van der Waals surface area contributed by atoms with E-state index in [1.165, 1.54) is 6.07 Å². The van der Waals surface area contributed by atoms with Crippen molar-refractivity contribution >= 4 is 35.8 Å². The number of hydrogen-bond acceptors (Lipinski definition) is 6. The number of halogens is 2. The van der Waals surface area contributed by atoms with Crippen molar-refractivity contribution in [3.05, 3.63) is 41.8 Å². The van der Waals surface area contributed by atoms with Crippen molar-refractivity contribution in [3.63, 3.8) is 0 Å². The van der Waals surface area contributed by atoms with Gasteiger partial charge in [-0.1, -0.05) is 0 Å². The van der Waals surface area contributed by atoms with Gasteiger partial charge in [0.1, 0.15) is 0 Å². The maximum Gasteiger partial charge on any atom is 0.203 e. The largest absolute Gasteiger partial charge is 0.493 e. The van der Waals surface area contributed by atoms with Gasteiger partial charge in [0.25, 0.3) is 0 Å². The van der Waals surface area contributed by atoms with Crippen LogP contribution in [0.3, 0.4) is 0 Å². The second kappa shape index (κ2) is 12.5. The summed E-state index contributed by atoms with van der Waals surface area (Å²) in [6.07, 6.45) is 2.47. The van der Waals surface area contributed by atoms with Crippen molar-refractivity contribution in [2.75, 3.05) is 45.9 Å². The minimum Gasteiger partial charge on any atom is -0.493 e. The number of ether oxygens (including phenoxy) is 3. The standard InChI is InChI=1S/C22H30FN5O3.HI/c1-5-24-22(26-13-15-8-9-18(29-2)20(31-4)19(15)30-3)27-16-10-12-28(14-16)21-17(23)7-6-11-25-21;/h6-9,11,16H,5,10,12-14H2,1-4H3,(H2,24,26,27);1H. The maximum atomic E-state index is 14.1. The van der Waals surface area contributed by atoms with Crippen LogP contribution in [0.25, 0.3) is 0 Å². The molecule has 1 unspecified atom stereocenters. The van der Waals surface area contributed by atoms with Crippen LogP contribution in [0, 0.1) is 5.82 Å². The number of pyridine rings is 1. The average Bonchev–Trinajstić information content (AvgIpc) is 3.25. The Balaban J connectivity index is 0.00000363. The molecule has 3 rings (SSSR count). The van der Waals surface area contributed by atoms with E-state index in [0.717, 1.165) is 25.1 Å². The lowest BCUT2D eigenvalue weighted by Gasteiger charge is -2.20. The van der Waals surface area contributed by atoms with Crippen LogP contribution in [-0.2, 0) is 6.54 Å². The van der Waals surface area contributed by atoms with Crippen molar-refractivity contribution in [3.8, 4) is 17.2 Å². The molecule has 2 heterocycles. The topological polar surface area (TPSA) is 80.2 Å². The molecule has 1 aliphatic rings. The Kier molecular flexibility index (Phi) is 10.1. The highest BCUT2D eigenvalue weighted by atomic mass is 127. The first-order chi connectivity index (χ1) is 15.1. The van der Waals surface area contributed by atoms with Gasteiger partial charge < -0.3 is 29.7 Å². The van der Waals surface area contributed by atoms with Crippen LogP contribution in [0.1, 0.15) is 18.9 Å². The van der Waals surface area contributed by atoms with Crippen LogP contribution >= 0.6 is 24.0 Å². The number of hydrogen-bond donors (Lipinski definition) is 2. The zero-order valence-electron chi connectivity index (χ0n) is 18.9. The number of benzene rings is 1. The van der Waals surface area contributed by atoms with Gasteiger partial charge in [-0.2, -0.15) is 0 Å². The molecular weight excluding hydrogens is 528 g/mol. The monoisotopic (exact) mass is 559 g/mol. The van der Waals surface area contributed by atoms with E-state index in [1.54, 1.807) is 33.6 Å². The summed E-state index contributed by atoms with van der Waals surface area (Å²) in [4.78, 5) is 10.8. The molecule has 1 saturated heterocycles. The summed E-state index contributed by atoms with van der Waals surface area (Å²) >= 11 is 0. The predicted octanol–water partition coefficient (Wildman–Crippen LogP) is 3.20. The first kappa shape index (κ1) is 25.8. The van der Waals surface area contributed by atoms with E-state index >= 15 is 0 Å². The normalized spacial score (nSPS) is 15.7. The number of anilines is 1. The summed E-state index contributed by atoms with van der Waals surface area (Å²) in [6.45, 7) is 4.51. The van der Waals surface area contributed by atoms with E-state index in [9.17, 15) is 4.39 Å². The van der Waals surface area contributed by atoms with Crippen LogP contribution in [-0.4, -0.2) is 57.9 Å². The lowest BCUT2D eigenvalue weighted by molar-refractivity contribution is 0.322. The van der Waals surface area contributed by atoms with Gasteiger partial charge in [0.15, 0.2) is 29.1 Å². The molecular formula is C22H31FIN5O3. The highest BCUT2D eigenvalue weighted by molar-refractivity contribution is 14.0. The molecule has 2 aromatic rings. The van der Waals surface area contributed by atoms with Crippen LogP contribution in [0.4, 0.5) is 10.2 Å². The highest BCUT2D eigenvalue weighted by Gasteiger charge is 2.26. The fourth-order valence-corrected chi connectivity index (χ4v) is 3.65. The van der Waals surface area contributed by atoms with Crippen LogP contribution in [0.2, 0.25) is 0 Å². The molecule has 1 fully saturated rings. The minimum absolute atomic E-state index is 0.